The van der Waals surface area contributed by atoms with Crippen molar-refractivity contribution in [1.82, 2.24) is 4.98 Å². The van der Waals surface area contributed by atoms with Crippen LogP contribution in [0, 0.1) is 13.8 Å². The van der Waals surface area contributed by atoms with Gasteiger partial charge in [0, 0.05) is 5.56 Å². The van der Waals surface area contributed by atoms with Crippen molar-refractivity contribution in [2.45, 2.75) is 40.2 Å². The summed E-state index contributed by atoms with van der Waals surface area (Å²) in [5, 5.41) is 11.5. The minimum atomic E-state index is -0.936. The van der Waals surface area contributed by atoms with Crippen molar-refractivity contribution in [1.29, 1.82) is 0 Å². The summed E-state index contributed by atoms with van der Waals surface area (Å²) in [5.74, 6) is -1.87. The van der Waals surface area contributed by atoms with Gasteiger partial charge >= 0.3 is 11.9 Å². The Morgan fingerprint density at radius 2 is 1.81 bits per heavy atom. The number of nitrogens with zero attached hydrogens (tertiary/aromatic N) is 2. The first-order valence-corrected chi connectivity index (χ1v) is 12.7. The molecule has 1 N–H and O–H groups in total. The van der Waals surface area contributed by atoms with Crippen LogP contribution in [0.3, 0.4) is 0 Å². The third-order valence-corrected chi connectivity index (χ3v) is 7.41. The maximum Gasteiger partial charge on any atom is 0.350 e. The first-order valence-electron chi connectivity index (χ1n) is 11.9. The van der Waals surface area contributed by atoms with Crippen LogP contribution in [0.2, 0.25) is 0 Å². The standard InChI is InChI=1S/C28H28N2O6S/c1-6-17-8-10-18(11-9-17)22-21(23(31)19-12-13-20(35-5)15(3)14-19)24(32)26(33)30(22)28-29-16(4)25(37-28)27(34)36-7-2/h8-14,22,31H,6-7H2,1-5H3/b23-21+. The van der Waals surface area contributed by atoms with Crippen molar-refractivity contribution in [2.75, 3.05) is 18.6 Å². The van der Waals surface area contributed by atoms with Crippen molar-refractivity contribution in [2.24, 2.45) is 0 Å². The lowest BCUT2D eigenvalue weighted by Gasteiger charge is -2.23. The number of ketones is 1. The van der Waals surface area contributed by atoms with Gasteiger partial charge in [-0.3, -0.25) is 14.5 Å². The first-order chi connectivity index (χ1) is 17.7. The largest absolute Gasteiger partial charge is 0.507 e. The second-order valence-corrected chi connectivity index (χ2v) is 9.56. The van der Waals surface area contributed by atoms with Gasteiger partial charge in [0.15, 0.2) is 5.13 Å². The Morgan fingerprint density at radius 3 is 2.41 bits per heavy atom. The molecule has 9 heteroatoms. The fourth-order valence-corrected chi connectivity index (χ4v) is 5.32. The van der Waals surface area contributed by atoms with Gasteiger partial charge < -0.3 is 14.6 Å². The van der Waals surface area contributed by atoms with E-state index >= 15 is 0 Å². The van der Waals surface area contributed by atoms with Gasteiger partial charge in [-0.25, -0.2) is 9.78 Å². The number of Topliss-reactive ketones (excluding diaryl/α,β-unsaturated/α-hetero) is 1. The molecule has 1 aliphatic rings. The lowest BCUT2D eigenvalue weighted by molar-refractivity contribution is -0.132. The summed E-state index contributed by atoms with van der Waals surface area (Å²) >= 11 is 0.980. The smallest absolute Gasteiger partial charge is 0.350 e. The molecule has 8 nitrogen and oxygen atoms in total. The Morgan fingerprint density at radius 1 is 1.11 bits per heavy atom. The molecule has 2 heterocycles. The Balaban J connectivity index is 1.91. The van der Waals surface area contributed by atoms with E-state index in [9.17, 15) is 19.5 Å². The maximum atomic E-state index is 13.4. The highest BCUT2D eigenvalue weighted by Crippen LogP contribution is 2.44. The highest BCUT2D eigenvalue weighted by atomic mass is 32.1. The van der Waals surface area contributed by atoms with Gasteiger partial charge in [-0.2, -0.15) is 0 Å². The first kappa shape index (κ1) is 26.1. The van der Waals surface area contributed by atoms with Gasteiger partial charge in [0.25, 0.3) is 5.78 Å². The van der Waals surface area contributed by atoms with Gasteiger partial charge in [0.2, 0.25) is 0 Å². The minimum Gasteiger partial charge on any atom is -0.507 e. The summed E-state index contributed by atoms with van der Waals surface area (Å²) in [6.07, 6.45) is 0.820. The number of esters is 1. The van der Waals surface area contributed by atoms with E-state index < -0.39 is 23.7 Å². The second kappa shape index (κ2) is 10.6. The van der Waals surface area contributed by atoms with Gasteiger partial charge in [0.05, 0.1) is 31.0 Å². The molecule has 0 radical (unpaired) electrons. The van der Waals surface area contributed by atoms with Crippen LogP contribution in [-0.2, 0) is 20.7 Å². The van der Waals surface area contributed by atoms with E-state index in [4.69, 9.17) is 9.47 Å². The molecular weight excluding hydrogens is 492 g/mol. The number of aliphatic hydroxyl groups excluding tert-OH is 1. The number of carbonyl (C=O) groups is 3. The van der Waals surface area contributed by atoms with Crippen molar-refractivity contribution < 1.29 is 29.0 Å². The number of amides is 1. The molecule has 1 aliphatic heterocycles. The molecule has 1 atom stereocenters. The highest BCUT2D eigenvalue weighted by molar-refractivity contribution is 7.17. The quantitative estimate of drug-likeness (QED) is 0.199. The number of hydrogen-bond acceptors (Lipinski definition) is 8. The molecule has 1 aromatic heterocycles. The maximum absolute atomic E-state index is 13.4. The summed E-state index contributed by atoms with van der Waals surface area (Å²) in [5.41, 5.74) is 3.21. The molecule has 1 amide bonds. The van der Waals surface area contributed by atoms with Crippen molar-refractivity contribution in [3.63, 3.8) is 0 Å². The molecule has 192 valence electrons. The monoisotopic (exact) mass is 520 g/mol. The van der Waals surface area contributed by atoms with Crippen molar-refractivity contribution in [3.8, 4) is 5.75 Å². The Labute approximate surface area is 219 Å². The predicted molar refractivity (Wildman–Crippen MR) is 141 cm³/mol. The molecule has 3 aromatic rings. The van der Waals surface area contributed by atoms with Gasteiger partial charge in [-0.15, -0.1) is 0 Å². The lowest BCUT2D eigenvalue weighted by Crippen LogP contribution is -2.29. The molecule has 0 aliphatic carbocycles. The SMILES string of the molecule is CCOC(=O)c1sc(N2C(=O)C(=O)/C(=C(/O)c3ccc(OC)c(C)c3)C2c2ccc(CC)cc2)nc1C. The molecule has 4 rings (SSSR count). The zero-order chi connectivity index (χ0) is 26.9. The van der Waals surface area contributed by atoms with Crippen molar-refractivity contribution >= 4 is 39.9 Å². The Hall–Kier alpha value is -3.98. The van der Waals surface area contributed by atoms with Gasteiger partial charge in [-0.05, 0) is 62.1 Å². The Bertz CT molecular complexity index is 1410. The molecule has 2 aromatic carbocycles. The van der Waals surface area contributed by atoms with E-state index in [-0.39, 0.29) is 27.9 Å². The van der Waals surface area contributed by atoms with Gasteiger partial charge in [-0.1, -0.05) is 42.5 Å². The molecular formula is C28H28N2O6S. The van der Waals surface area contributed by atoms with Crippen molar-refractivity contribution in [3.05, 3.63) is 80.9 Å². The molecule has 1 fully saturated rings. The summed E-state index contributed by atoms with van der Waals surface area (Å²) in [4.78, 5) is 45.2. The van der Waals surface area contributed by atoms with Crippen LogP contribution in [0.25, 0.3) is 5.76 Å². The number of hydrogen-bond donors (Lipinski definition) is 1. The summed E-state index contributed by atoms with van der Waals surface area (Å²) in [7, 11) is 1.55. The van der Waals surface area contributed by atoms with E-state index in [1.54, 1.807) is 39.2 Å². The molecule has 37 heavy (non-hydrogen) atoms. The topological polar surface area (TPSA) is 106 Å². The summed E-state index contributed by atoms with van der Waals surface area (Å²) < 4.78 is 10.4. The number of ether oxygens (including phenoxy) is 2. The van der Waals surface area contributed by atoms with E-state index in [0.29, 0.717) is 22.6 Å². The van der Waals surface area contributed by atoms with Crippen LogP contribution in [0.4, 0.5) is 5.13 Å². The number of anilines is 1. The van der Waals surface area contributed by atoms with Crippen LogP contribution in [0.15, 0.2) is 48.0 Å². The number of aromatic nitrogens is 1. The summed E-state index contributed by atoms with van der Waals surface area (Å²) in [6.45, 7) is 7.40. The van der Waals surface area contributed by atoms with E-state index in [1.165, 1.54) is 4.90 Å². The number of methoxy groups -OCH3 is 1. The number of carbonyl (C=O) groups excluding carboxylic acids is 3. The fourth-order valence-electron chi connectivity index (χ4n) is 4.33. The molecule has 1 unspecified atom stereocenters. The third-order valence-electron chi connectivity index (χ3n) is 6.27. The zero-order valence-corrected chi connectivity index (χ0v) is 22.1. The van der Waals surface area contributed by atoms with Crippen LogP contribution in [0.5, 0.6) is 5.75 Å². The number of benzene rings is 2. The number of aliphatic hydroxyl groups is 1. The van der Waals surface area contributed by atoms with Crippen LogP contribution < -0.4 is 9.64 Å². The molecule has 0 saturated carbocycles. The van der Waals surface area contributed by atoms with Crippen LogP contribution >= 0.6 is 11.3 Å². The average molecular weight is 521 g/mol. The fraction of sp³-hybridized carbons (Fsp3) is 0.286. The average Bonchev–Trinajstić information content (AvgIpc) is 3.40. The normalized spacial score (nSPS) is 16.8. The van der Waals surface area contributed by atoms with E-state index in [1.807, 2.05) is 38.1 Å². The number of thiazole rings is 1. The van der Waals surface area contributed by atoms with E-state index in [2.05, 4.69) is 4.98 Å². The molecule has 0 bridgehead atoms. The predicted octanol–water partition coefficient (Wildman–Crippen LogP) is 5.13. The molecule has 0 spiro atoms. The highest BCUT2D eigenvalue weighted by Gasteiger charge is 2.48. The third kappa shape index (κ3) is 4.74. The van der Waals surface area contributed by atoms with Crippen LogP contribution in [0.1, 0.15) is 57.5 Å². The zero-order valence-electron chi connectivity index (χ0n) is 21.3. The second-order valence-electron chi connectivity index (χ2n) is 8.58. The van der Waals surface area contributed by atoms with Gasteiger partial charge in [0.1, 0.15) is 16.4 Å². The number of rotatable bonds is 7. The minimum absolute atomic E-state index is 0.0515. The van der Waals surface area contributed by atoms with Crippen LogP contribution in [-0.4, -0.2) is 41.5 Å². The van der Waals surface area contributed by atoms with E-state index in [0.717, 1.165) is 28.9 Å². The Kier molecular flexibility index (Phi) is 7.45. The summed E-state index contributed by atoms with van der Waals surface area (Å²) in [6, 6.07) is 11.6. The number of aryl methyl sites for hydroxylation is 3. The molecule has 1 saturated heterocycles. The lowest BCUT2D eigenvalue weighted by atomic mass is 9.94.